The molecule has 0 amide bonds. The molecule has 0 fully saturated rings. The lowest BCUT2D eigenvalue weighted by atomic mass is 10.1. The Balaban J connectivity index is 1.97. The van der Waals surface area contributed by atoms with Crippen molar-refractivity contribution in [2.45, 2.75) is 0 Å². The van der Waals surface area contributed by atoms with E-state index in [9.17, 15) is 9.90 Å². The van der Waals surface area contributed by atoms with E-state index in [2.05, 4.69) is 9.97 Å². The molecular weight excluding hydrogens is 296 g/mol. The first-order valence-corrected chi connectivity index (χ1v) is 7.48. The number of carboxylic acids is 1. The number of carbonyl (C=O) groups is 1. The number of thiazole rings is 1. The van der Waals surface area contributed by atoms with Crippen molar-refractivity contribution in [2.24, 2.45) is 0 Å². The fraction of sp³-hybridized carbons (Fsp3) is 0. The van der Waals surface area contributed by atoms with E-state index in [0.717, 1.165) is 10.6 Å². The molecule has 2 heterocycles. The zero-order valence-corrected chi connectivity index (χ0v) is 12.3. The van der Waals surface area contributed by atoms with Gasteiger partial charge in [0.1, 0.15) is 5.01 Å². The molecule has 0 aliphatic carbocycles. The van der Waals surface area contributed by atoms with E-state index in [-0.39, 0.29) is 5.57 Å². The number of aliphatic carboxylic acids is 1. The van der Waals surface area contributed by atoms with Crippen LogP contribution in [0.1, 0.15) is 11.3 Å². The second-order valence-electron chi connectivity index (χ2n) is 4.55. The molecule has 0 bridgehead atoms. The highest BCUT2D eigenvalue weighted by atomic mass is 32.1. The van der Waals surface area contributed by atoms with E-state index in [1.807, 2.05) is 35.7 Å². The molecule has 0 aliphatic rings. The molecule has 0 aliphatic heterocycles. The van der Waals surface area contributed by atoms with E-state index >= 15 is 0 Å². The van der Waals surface area contributed by atoms with Crippen LogP contribution in [0.15, 0.2) is 60.2 Å². The van der Waals surface area contributed by atoms with Crippen molar-refractivity contribution in [3.63, 3.8) is 0 Å². The quantitative estimate of drug-likeness (QED) is 0.744. The van der Waals surface area contributed by atoms with Gasteiger partial charge in [-0.25, -0.2) is 9.78 Å². The zero-order valence-electron chi connectivity index (χ0n) is 11.5. The van der Waals surface area contributed by atoms with Crippen molar-refractivity contribution in [2.75, 3.05) is 0 Å². The van der Waals surface area contributed by atoms with Gasteiger partial charge in [0.05, 0.1) is 11.3 Å². The first-order valence-electron chi connectivity index (χ1n) is 6.60. The Hall–Kier alpha value is -2.79. The standard InChI is InChI=1S/C17H12N2O2S/c20-17(21)15(13-7-4-8-18-10-13)9-14-11-22-16(19-14)12-5-2-1-3-6-12/h1-11H,(H,20,21)/b15-9+. The minimum atomic E-state index is -0.998. The number of nitrogens with zero attached hydrogens (tertiary/aromatic N) is 2. The summed E-state index contributed by atoms with van der Waals surface area (Å²) in [6, 6.07) is 13.2. The molecular formula is C17H12N2O2S. The summed E-state index contributed by atoms with van der Waals surface area (Å²) in [5.74, 6) is -0.998. The van der Waals surface area contributed by atoms with Gasteiger partial charge < -0.3 is 5.11 Å². The van der Waals surface area contributed by atoms with E-state index in [4.69, 9.17) is 0 Å². The molecule has 0 unspecified atom stereocenters. The summed E-state index contributed by atoms with van der Waals surface area (Å²) in [6.07, 6.45) is 4.71. The van der Waals surface area contributed by atoms with Crippen molar-refractivity contribution < 1.29 is 9.90 Å². The smallest absolute Gasteiger partial charge is 0.336 e. The highest BCUT2D eigenvalue weighted by molar-refractivity contribution is 7.13. The summed E-state index contributed by atoms with van der Waals surface area (Å²) >= 11 is 1.49. The van der Waals surface area contributed by atoms with Crippen LogP contribution in [0.3, 0.4) is 0 Å². The highest BCUT2D eigenvalue weighted by Gasteiger charge is 2.12. The average molecular weight is 308 g/mol. The molecule has 108 valence electrons. The molecule has 1 N–H and O–H groups in total. The van der Waals surface area contributed by atoms with Crippen LogP contribution in [0.5, 0.6) is 0 Å². The lowest BCUT2D eigenvalue weighted by Gasteiger charge is -2.00. The lowest BCUT2D eigenvalue weighted by Crippen LogP contribution is -2.00. The van der Waals surface area contributed by atoms with Gasteiger partial charge in [-0.2, -0.15) is 0 Å². The number of hydrogen-bond acceptors (Lipinski definition) is 4. The third-order valence-electron chi connectivity index (χ3n) is 3.04. The Morgan fingerprint density at radius 3 is 2.64 bits per heavy atom. The van der Waals surface area contributed by atoms with Crippen LogP contribution in [0.4, 0.5) is 0 Å². The van der Waals surface area contributed by atoms with Crippen LogP contribution < -0.4 is 0 Å². The Morgan fingerprint density at radius 1 is 1.14 bits per heavy atom. The Morgan fingerprint density at radius 2 is 1.95 bits per heavy atom. The van der Waals surface area contributed by atoms with Crippen LogP contribution in [-0.4, -0.2) is 21.0 Å². The first kappa shape index (κ1) is 14.2. The van der Waals surface area contributed by atoms with Crippen molar-refractivity contribution in [3.8, 4) is 10.6 Å². The SMILES string of the molecule is O=C(O)/C(=C/c1csc(-c2ccccc2)n1)c1cccnc1. The topological polar surface area (TPSA) is 63.1 Å². The van der Waals surface area contributed by atoms with E-state index in [1.165, 1.54) is 17.5 Å². The van der Waals surface area contributed by atoms with Crippen molar-refractivity contribution in [1.29, 1.82) is 0 Å². The molecule has 0 saturated carbocycles. The first-order chi connectivity index (χ1) is 10.7. The summed E-state index contributed by atoms with van der Waals surface area (Å²) < 4.78 is 0. The fourth-order valence-corrected chi connectivity index (χ4v) is 2.79. The molecule has 3 rings (SSSR count). The Kier molecular flexibility index (Phi) is 4.07. The molecule has 3 aromatic rings. The third-order valence-corrected chi connectivity index (χ3v) is 3.95. The molecule has 0 spiro atoms. The van der Waals surface area contributed by atoms with Gasteiger partial charge in [0.15, 0.2) is 0 Å². The second-order valence-corrected chi connectivity index (χ2v) is 5.41. The van der Waals surface area contributed by atoms with Crippen LogP contribution in [0.25, 0.3) is 22.2 Å². The van der Waals surface area contributed by atoms with Gasteiger partial charge in [0.25, 0.3) is 0 Å². The third kappa shape index (κ3) is 3.10. The summed E-state index contributed by atoms with van der Waals surface area (Å²) in [4.78, 5) is 19.9. The predicted octanol–water partition coefficient (Wildman–Crippen LogP) is 3.83. The van der Waals surface area contributed by atoms with Gasteiger partial charge in [0, 0.05) is 28.9 Å². The van der Waals surface area contributed by atoms with E-state index in [0.29, 0.717) is 11.3 Å². The summed E-state index contributed by atoms with van der Waals surface area (Å²) in [6.45, 7) is 0. The minimum Gasteiger partial charge on any atom is -0.478 e. The van der Waals surface area contributed by atoms with E-state index < -0.39 is 5.97 Å². The van der Waals surface area contributed by atoms with Crippen molar-refractivity contribution >= 4 is 29.0 Å². The Bertz CT molecular complexity index is 811. The molecule has 4 nitrogen and oxygen atoms in total. The van der Waals surface area contributed by atoms with Crippen LogP contribution >= 0.6 is 11.3 Å². The molecule has 0 radical (unpaired) electrons. The monoisotopic (exact) mass is 308 g/mol. The van der Waals surface area contributed by atoms with Crippen LogP contribution in [-0.2, 0) is 4.79 Å². The maximum Gasteiger partial charge on any atom is 0.336 e. The zero-order chi connectivity index (χ0) is 15.4. The van der Waals surface area contributed by atoms with Crippen LogP contribution in [0.2, 0.25) is 0 Å². The van der Waals surface area contributed by atoms with Gasteiger partial charge in [-0.1, -0.05) is 36.4 Å². The van der Waals surface area contributed by atoms with Crippen molar-refractivity contribution in [1.82, 2.24) is 9.97 Å². The molecule has 0 atom stereocenters. The largest absolute Gasteiger partial charge is 0.478 e. The molecule has 2 aromatic heterocycles. The summed E-state index contributed by atoms with van der Waals surface area (Å²) in [5.41, 5.74) is 2.39. The number of benzene rings is 1. The molecule has 5 heteroatoms. The van der Waals surface area contributed by atoms with Crippen molar-refractivity contribution in [3.05, 3.63) is 71.5 Å². The van der Waals surface area contributed by atoms with Crippen LogP contribution in [0, 0.1) is 0 Å². The van der Waals surface area contributed by atoms with Gasteiger partial charge in [0.2, 0.25) is 0 Å². The second kappa shape index (κ2) is 6.32. The number of pyridine rings is 1. The van der Waals surface area contributed by atoms with Gasteiger partial charge in [-0.3, -0.25) is 4.98 Å². The van der Waals surface area contributed by atoms with Gasteiger partial charge in [-0.15, -0.1) is 11.3 Å². The number of rotatable bonds is 4. The normalized spacial score (nSPS) is 11.4. The fourth-order valence-electron chi connectivity index (χ4n) is 2.00. The molecule has 22 heavy (non-hydrogen) atoms. The Labute approximate surface area is 131 Å². The molecule has 0 saturated heterocycles. The van der Waals surface area contributed by atoms with Gasteiger partial charge >= 0.3 is 5.97 Å². The maximum atomic E-state index is 11.5. The molecule has 1 aromatic carbocycles. The van der Waals surface area contributed by atoms with Gasteiger partial charge in [-0.05, 0) is 12.1 Å². The minimum absolute atomic E-state index is 0.179. The number of aromatic nitrogens is 2. The predicted molar refractivity (Wildman–Crippen MR) is 87.3 cm³/mol. The highest BCUT2D eigenvalue weighted by Crippen LogP contribution is 2.25. The lowest BCUT2D eigenvalue weighted by molar-refractivity contribution is -0.130. The average Bonchev–Trinajstić information content (AvgIpc) is 3.03. The summed E-state index contributed by atoms with van der Waals surface area (Å²) in [5, 5.41) is 12.1. The number of hydrogen-bond donors (Lipinski definition) is 1. The maximum absolute atomic E-state index is 11.5. The summed E-state index contributed by atoms with van der Waals surface area (Å²) in [7, 11) is 0. The van der Waals surface area contributed by atoms with E-state index in [1.54, 1.807) is 24.4 Å². The number of carboxylic acid groups (broad SMARTS) is 1.